The van der Waals surface area contributed by atoms with Crippen LogP contribution >= 0.6 is 0 Å². The number of methoxy groups -OCH3 is 1. The van der Waals surface area contributed by atoms with Crippen molar-refractivity contribution < 1.29 is 14.3 Å². The van der Waals surface area contributed by atoms with E-state index in [1.165, 1.54) is 39.2 Å². The fourth-order valence-electron chi connectivity index (χ4n) is 4.16. The Balaban J connectivity index is 1.43. The van der Waals surface area contributed by atoms with E-state index in [2.05, 4.69) is 15.0 Å². The van der Waals surface area contributed by atoms with Crippen molar-refractivity contribution in [3.63, 3.8) is 0 Å². The molecule has 1 aromatic rings. The van der Waals surface area contributed by atoms with E-state index in [0.29, 0.717) is 18.7 Å². The zero-order valence-electron chi connectivity index (χ0n) is 15.0. The van der Waals surface area contributed by atoms with Crippen LogP contribution < -0.4 is 5.32 Å². The summed E-state index contributed by atoms with van der Waals surface area (Å²) in [5.74, 6) is 1.41. The highest BCUT2D eigenvalue weighted by Gasteiger charge is 2.31. The molecule has 1 N–H and O–H groups in total. The average Bonchev–Trinajstić information content (AvgIpc) is 2.66. The SMILES string of the molecule is COC(=O)c1ccc(CNC(=O)CN2CCC3CCCCC3C2)cc1. The lowest BCUT2D eigenvalue weighted by molar-refractivity contribution is -0.123. The van der Waals surface area contributed by atoms with Gasteiger partial charge in [0.15, 0.2) is 0 Å². The maximum atomic E-state index is 12.2. The summed E-state index contributed by atoms with van der Waals surface area (Å²) < 4.78 is 4.68. The van der Waals surface area contributed by atoms with Crippen molar-refractivity contribution in [2.45, 2.75) is 38.6 Å². The first kappa shape index (κ1) is 17.9. The minimum atomic E-state index is -0.346. The number of nitrogens with zero attached hydrogens (tertiary/aromatic N) is 1. The lowest BCUT2D eigenvalue weighted by Crippen LogP contribution is -2.46. The smallest absolute Gasteiger partial charge is 0.337 e. The molecule has 3 rings (SSSR count). The maximum Gasteiger partial charge on any atom is 0.337 e. The van der Waals surface area contributed by atoms with Crippen molar-refractivity contribution in [2.75, 3.05) is 26.7 Å². The van der Waals surface area contributed by atoms with E-state index >= 15 is 0 Å². The molecule has 2 aliphatic rings. The van der Waals surface area contributed by atoms with E-state index in [0.717, 1.165) is 30.5 Å². The Labute approximate surface area is 149 Å². The highest BCUT2D eigenvalue weighted by Crippen LogP contribution is 2.35. The van der Waals surface area contributed by atoms with Gasteiger partial charge in [0, 0.05) is 13.1 Å². The van der Waals surface area contributed by atoms with Gasteiger partial charge in [0.05, 0.1) is 19.2 Å². The molecule has 2 atom stereocenters. The molecule has 1 aliphatic carbocycles. The molecule has 2 unspecified atom stereocenters. The number of fused-ring (bicyclic) bond motifs is 1. The number of carbonyl (C=O) groups excluding carboxylic acids is 2. The molecule has 1 saturated carbocycles. The number of rotatable bonds is 5. The number of nitrogens with one attached hydrogen (secondary N) is 1. The third kappa shape index (κ3) is 4.82. The lowest BCUT2D eigenvalue weighted by atomic mass is 9.75. The van der Waals surface area contributed by atoms with Crippen LogP contribution in [0.3, 0.4) is 0 Å². The summed E-state index contributed by atoms with van der Waals surface area (Å²) in [6.45, 7) is 3.10. The molecule has 0 aromatic heterocycles. The molecular weight excluding hydrogens is 316 g/mol. The number of amides is 1. The summed E-state index contributed by atoms with van der Waals surface area (Å²) in [6, 6.07) is 7.14. The molecule has 0 spiro atoms. The van der Waals surface area contributed by atoms with Crippen LogP contribution in [0.2, 0.25) is 0 Å². The van der Waals surface area contributed by atoms with E-state index in [4.69, 9.17) is 0 Å². The third-order valence-corrected chi connectivity index (χ3v) is 5.61. The second kappa shape index (κ2) is 8.48. The van der Waals surface area contributed by atoms with Crippen molar-refractivity contribution >= 4 is 11.9 Å². The van der Waals surface area contributed by atoms with E-state index in [1.54, 1.807) is 12.1 Å². The first-order valence-electron chi connectivity index (χ1n) is 9.32. The van der Waals surface area contributed by atoms with Crippen molar-refractivity contribution in [1.82, 2.24) is 10.2 Å². The van der Waals surface area contributed by atoms with Crippen LogP contribution in [0.5, 0.6) is 0 Å². The standard InChI is InChI=1S/C20H28N2O3/c1-25-20(24)17-8-6-15(7-9-17)12-21-19(23)14-22-11-10-16-4-2-3-5-18(16)13-22/h6-9,16,18H,2-5,10-14H2,1H3,(H,21,23). The zero-order chi connectivity index (χ0) is 17.6. The van der Waals surface area contributed by atoms with Crippen molar-refractivity contribution in [1.29, 1.82) is 0 Å². The van der Waals surface area contributed by atoms with Gasteiger partial charge in [0.25, 0.3) is 0 Å². The molecule has 25 heavy (non-hydrogen) atoms. The van der Waals surface area contributed by atoms with Crippen molar-refractivity contribution in [3.8, 4) is 0 Å². The van der Waals surface area contributed by atoms with Crippen LogP contribution in [0.1, 0.15) is 48.0 Å². The lowest BCUT2D eigenvalue weighted by Gasteiger charge is -2.41. The van der Waals surface area contributed by atoms with Crippen molar-refractivity contribution in [3.05, 3.63) is 35.4 Å². The Hall–Kier alpha value is -1.88. The van der Waals surface area contributed by atoms with E-state index in [-0.39, 0.29) is 11.9 Å². The summed E-state index contributed by atoms with van der Waals surface area (Å²) in [7, 11) is 1.37. The van der Waals surface area contributed by atoms with Gasteiger partial charge in [-0.2, -0.15) is 0 Å². The third-order valence-electron chi connectivity index (χ3n) is 5.61. The molecule has 5 heteroatoms. The minimum Gasteiger partial charge on any atom is -0.465 e. The fraction of sp³-hybridized carbons (Fsp3) is 0.600. The predicted octanol–water partition coefficient (Wildman–Crippen LogP) is 2.60. The van der Waals surface area contributed by atoms with E-state index < -0.39 is 0 Å². The number of piperidine rings is 1. The highest BCUT2D eigenvalue weighted by atomic mass is 16.5. The average molecular weight is 344 g/mol. The Kier molecular flexibility index (Phi) is 6.08. The molecule has 0 radical (unpaired) electrons. The van der Waals surface area contributed by atoms with Crippen LogP contribution in [0, 0.1) is 11.8 Å². The Morgan fingerprint density at radius 3 is 2.56 bits per heavy atom. The summed E-state index contributed by atoms with van der Waals surface area (Å²) in [4.78, 5) is 26.0. The van der Waals surface area contributed by atoms with E-state index in [9.17, 15) is 9.59 Å². The highest BCUT2D eigenvalue weighted by molar-refractivity contribution is 5.89. The number of ether oxygens (including phenoxy) is 1. The van der Waals surface area contributed by atoms with Gasteiger partial charge in [-0.15, -0.1) is 0 Å². The monoisotopic (exact) mass is 344 g/mol. The van der Waals surface area contributed by atoms with Gasteiger partial charge in [0.1, 0.15) is 0 Å². The van der Waals surface area contributed by atoms with Gasteiger partial charge in [-0.25, -0.2) is 4.79 Å². The Morgan fingerprint density at radius 2 is 1.84 bits per heavy atom. The van der Waals surface area contributed by atoms with Crippen LogP contribution in [0.25, 0.3) is 0 Å². The predicted molar refractivity (Wildman–Crippen MR) is 96.1 cm³/mol. The molecular formula is C20H28N2O3. The van der Waals surface area contributed by atoms with Crippen molar-refractivity contribution in [2.24, 2.45) is 11.8 Å². The van der Waals surface area contributed by atoms with Gasteiger partial charge >= 0.3 is 5.97 Å². The quantitative estimate of drug-likeness (QED) is 0.834. The number of esters is 1. The first-order chi connectivity index (χ1) is 12.2. The first-order valence-corrected chi connectivity index (χ1v) is 9.32. The molecule has 1 heterocycles. The summed E-state index contributed by atoms with van der Waals surface area (Å²) in [6.07, 6.45) is 6.69. The second-order valence-corrected chi connectivity index (χ2v) is 7.29. The molecule has 1 aromatic carbocycles. The van der Waals surface area contributed by atoms with E-state index in [1.807, 2.05) is 12.1 Å². The molecule has 136 valence electrons. The molecule has 1 aliphatic heterocycles. The number of hydrogen-bond acceptors (Lipinski definition) is 4. The normalized spacial score (nSPS) is 23.6. The Bertz CT molecular complexity index is 599. The van der Waals surface area contributed by atoms with Gasteiger partial charge in [-0.1, -0.05) is 31.4 Å². The summed E-state index contributed by atoms with van der Waals surface area (Å²) in [5, 5.41) is 2.98. The number of hydrogen-bond donors (Lipinski definition) is 1. The number of likely N-dealkylation sites (tertiary alicyclic amines) is 1. The van der Waals surface area contributed by atoms with Gasteiger partial charge < -0.3 is 10.1 Å². The van der Waals surface area contributed by atoms with Gasteiger partial charge in [-0.05, 0) is 48.9 Å². The van der Waals surface area contributed by atoms with Crippen LogP contribution in [-0.2, 0) is 16.1 Å². The largest absolute Gasteiger partial charge is 0.465 e. The van der Waals surface area contributed by atoms with Crippen LogP contribution in [-0.4, -0.2) is 43.5 Å². The zero-order valence-corrected chi connectivity index (χ0v) is 15.0. The molecule has 5 nitrogen and oxygen atoms in total. The van der Waals surface area contributed by atoms with Crippen LogP contribution in [0.15, 0.2) is 24.3 Å². The Morgan fingerprint density at radius 1 is 1.12 bits per heavy atom. The topological polar surface area (TPSA) is 58.6 Å². The molecule has 2 fully saturated rings. The summed E-state index contributed by atoms with van der Waals surface area (Å²) >= 11 is 0. The number of benzene rings is 1. The molecule has 1 saturated heterocycles. The minimum absolute atomic E-state index is 0.0753. The summed E-state index contributed by atoms with van der Waals surface area (Å²) in [5.41, 5.74) is 1.50. The maximum absolute atomic E-state index is 12.2. The fourth-order valence-corrected chi connectivity index (χ4v) is 4.16. The molecule has 0 bridgehead atoms. The van der Waals surface area contributed by atoms with Gasteiger partial charge in [0.2, 0.25) is 5.91 Å². The van der Waals surface area contributed by atoms with Crippen LogP contribution in [0.4, 0.5) is 0 Å². The van der Waals surface area contributed by atoms with Gasteiger partial charge in [-0.3, -0.25) is 9.69 Å². The number of carbonyl (C=O) groups is 2. The second-order valence-electron chi connectivity index (χ2n) is 7.29. The molecule has 1 amide bonds.